The first-order chi connectivity index (χ1) is 9.28. The van der Waals surface area contributed by atoms with Crippen LogP contribution in [0.15, 0.2) is 18.2 Å². The second-order valence-corrected chi connectivity index (χ2v) is 3.84. The third-order valence-electron chi connectivity index (χ3n) is 2.53. The molecule has 0 radical (unpaired) electrons. The van der Waals surface area contributed by atoms with Gasteiger partial charge in [0.05, 0.1) is 13.7 Å². The van der Waals surface area contributed by atoms with Crippen LogP contribution in [-0.2, 0) is 11.3 Å². The minimum Gasteiger partial charge on any atom is -0.493 e. The average molecular weight is 263 g/mol. The fraction of sp³-hybridized carbons (Fsp3) is 0.385. The molecule has 0 unspecified atom stereocenters. The molecule has 0 atom stereocenters. The minimum absolute atomic E-state index is 0.404. The normalized spacial score (nSPS) is 10.5. The van der Waals surface area contributed by atoms with E-state index in [4.69, 9.17) is 14.2 Å². The molecule has 102 valence electrons. The molecule has 0 aliphatic rings. The zero-order chi connectivity index (χ0) is 13.7. The number of benzene rings is 1. The highest BCUT2D eigenvalue weighted by molar-refractivity contribution is 5.60. The average Bonchev–Trinajstić information content (AvgIpc) is 2.88. The summed E-state index contributed by atoms with van der Waals surface area (Å²) in [6.45, 7) is 2.93. The van der Waals surface area contributed by atoms with Crippen LogP contribution in [0.25, 0.3) is 11.4 Å². The van der Waals surface area contributed by atoms with Gasteiger partial charge in [-0.3, -0.25) is 5.10 Å². The smallest absolute Gasteiger partial charge is 0.181 e. The molecule has 0 fully saturated rings. The predicted molar refractivity (Wildman–Crippen MR) is 70.3 cm³/mol. The summed E-state index contributed by atoms with van der Waals surface area (Å²) in [5.74, 6) is 2.66. The molecule has 0 aliphatic heterocycles. The zero-order valence-corrected chi connectivity index (χ0v) is 11.3. The Labute approximate surface area is 111 Å². The lowest BCUT2D eigenvalue weighted by molar-refractivity contribution is 0.178. The third kappa shape index (κ3) is 3.03. The molecule has 2 rings (SSSR count). The lowest BCUT2D eigenvalue weighted by atomic mass is 10.2. The van der Waals surface area contributed by atoms with Crippen LogP contribution in [0.1, 0.15) is 12.7 Å². The highest BCUT2D eigenvalue weighted by Gasteiger charge is 2.10. The number of H-pyrrole nitrogens is 1. The molecule has 0 saturated heterocycles. The quantitative estimate of drug-likeness (QED) is 0.863. The molecule has 2 aromatic rings. The molecule has 1 N–H and O–H groups in total. The van der Waals surface area contributed by atoms with E-state index in [9.17, 15) is 0 Å². The summed E-state index contributed by atoms with van der Waals surface area (Å²) >= 11 is 0. The number of hydrogen-bond acceptors (Lipinski definition) is 5. The molecule has 0 bridgehead atoms. The highest BCUT2D eigenvalue weighted by Crippen LogP contribution is 2.31. The first-order valence-corrected chi connectivity index (χ1v) is 6.00. The van der Waals surface area contributed by atoms with Gasteiger partial charge in [0.15, 0.2) is 23.1 Å². The van der Waals surface area contributed by atoms with E-state index in [0.717, 1.165) is 5.56 Å². The van der Waals surface area contributed by atoms with Crippen molar-refractivity contribution >= 4 is 0 Å². The van der Waals surface area contributed by atoms with E-state index in [1.165, 1.54) is 0 Å². The number of nitrogens with one attached hydrogen (secondary N) is 1. The van der Waals surface area contributed by atoms with E-state index in [-0.39, 0.29) is 0 Å². The van der Waals surface area contributed by atoms with Crippen molar-refractivity contribution in [2.45, 2.75) is 13.5 Å². The van der Waals surface area contributed by atoms with Gasteiger partial charge in [-0.25, -0.2) is 4.98 Å². The van der Waals surface area contributed by atoms with Gasteiger partial charge in [-0.2, -0.15) is 5.10 Å². The molecule has 0 saturated carbocycles. The molecule has 0 spiro atoms. The molecular weight excluding hydrogens is 246 g/mol. The van der Waals surface area contributed by atoms with Gasteiger partial charge in [-0.05, 0) is 25.1 Å². The summed E-state index contributed by atoms with van der Waals surface area (Å²) in [6.07, 6.45) is 0. The van der Waals surface area contributed by atoms with E-state index in [1.54, 1.807) is 14.2 Å². The van der Waals surface area contributed by atoms with E-state index in [2.05, 4.69) is 15.2 Å². The Balaban J connectivity index is 2.28. The standard InChI is InChI=1S/C13H17N3O3/c1-4-19-10-6-5-9(7-11(10)18-3)13-14-12(8-17-2)15-16-13/h5-7H,4,8H2,1-3H3,(H,14,15,16). The predicted octanol–water partition coefficient (Wildman–Crippen LogP) is 2.03. The zero-order valence-electron chi connectivity index (χ0n) is 11.3. The van der Waals surface area contributed by atoms with Crippen LogP contribution in [0, 0.1) is 0 Å². The Hall–Kier alpha value is -2.08. The molecule has 1 heterocycles. The van der Waals surface area contributed by atoms with Crippen LogP contribution in [0.5, 0.6) is 11.5 Å². The second-order valence-electron chi connectivity index (χ2n) is 3.84. The summed E-state index contributed by atoms with van der Waals surface area (Å²) in [4.78, 5) is 4.33. The van der Waals surface area contributed by atoms with E-state index >= 15 is 0 Å². The van der Waals surface area contributed by atoms with Crippen molar-refractivity contribution in [2.24, 2.45) is 0 Å². The van der Waals surface area contributed by atoms with Crippen LogP contribution in [-0.4, -0.2) is 36.0 Å². The Kier molecular flexibility index (Phi) is 4.35. The van der Waals surface area contributed by atoms with Crippen LogP contribution in [0.3, 0.4) is 0 Å². The molecule has 1 aromatic heterocycles. The molecule has 6 heteroatoms. The Morgan fingerprint density at radius 1 is 1.21 bits per heavy atom. The maximum absolute atomic E-state index is 5.47. The number of rotatable bonds is 6. The van der Waals surface area contributed by atoms with Crippen LogP contribution >= 0.6 is 0 Å². The number of ether oxygens (including phenoxy) is 3. The van der Waals surface area contributed by atoms with Gasteiger partial charge in [-0.15, -0.1) is 0 Å². The van der Waals surface area contributed by atoms with Crippen molar-refractivity contribution in [3.8, 4) is 22.9 Å². The van der Waals surface area contributed by atoms with E-state index in [1.807, 2.05) is 25.1 Å². The topological polar surface area (TPSA) is 69.3 Å². The first kappa shape index (κ1) is 13.4. The number of hydrogen-bond donors (Lipinski definition) is 1. The second kappa shape index (κ2) is 6.19. The summed E-state index contributed by atoms with van der Waals surface area (Å²) in [5.41, 5.74) is 0.860. The molecule has 19 heavy (non-hydrogen) atoms. The number of aromatic nitrogens is 3. The maximum atomic E-state index is 5.47. The fourth-order valence-electron chi connectivity index (χ4n) is 1.71. The van der Waals surface area contributed by atoms with Gasteiger partial charge in [0, 0.05) is 12.7 Å². The summed E-state index contributed by atoms with van der Waals surface area (Å²) < 4.78 is 15.8. The number of methoxy groups -OCH3 is 2. The SMILES string of the molecule is CCOc1ccc(-c2n[nH]c(COC)n2)cc1OC. The van der Waals surface area contributed by atoms with Crippen LogP contribution < -0.4 is 9.47 Å². The molecule has 1 aromatic carbocycles. The monoisotopic (exact) mass is 263 g/mol. The van der Waals surface area contributed by atoms with Gasteiger partial charge >= 0.3 is 0 Å². The molecule has 0 amide bonds. The first-order valence-electron chi connectivity index (χ1n) is 6.00. The van der Waals surface area contributed by atoms with Gasteiger partial charge in [0.25, 0.3) is 0 Å². The lowest BCUT2D eigenvalue weighted by Crippen LogP contribution is -1.95. The van der Waals surface area contributed by atoms with Crippen molar-refractivity contribution in [1.82, 2.24) is 15.2 Å². The van der Waals surface area contributed by atoms with Crippen molar-refractivity contribution in [2.75, 3.05) is 20.8 Å². The molecule has 6 nitrogen and oxygen atoms in total. The van der Waals surface area contributed by atoms with E-state index in [0.29, 0.717) is 36.4 Å². The Morgan fingerprint density at radius 3 is 2.74 bits per heavy atom. The van der Waals surface area contributed by atoms with Gasteiger partial charge < -0.3 is 14.2 Å². The summed E-state index contributed by atoms with van der Waals surface area (Å²) in [5, 5.41) is 6.97. The maximum Gasteiger partial charge on any atom is 0.181 e. The summed E-state index contributed by atoms with van der Waals surface area (Å²) in [7, 11) is 3.22. The molecule has 0 aliphatic carbocycles. The number of nitrogens with zero attached hydrogens (tertiary/aromatic N) is 2. The lowest BCUT2D eigenvalue weighted by Gasteiger charge is -2.09. The fourth-order valence-corrected chi connectivity index (χ4v) is 1.71. The highest BCUT2D eigenvalue weighted by atomic mass is 16.5. The minimum atomic E-state index is 0.404. The van der Waals surface area contributed by atoms with E-state index < -0.39 is 0 Å². The van der Waals surface area contributed by atoms with Crippen LogP contribution in [0.2, 0.25) is 0 Å². The molecular formula is C13H17N3O3. The van der Waals surface area contributed by atoms with Crippen molar-refractivity contribution < 1.29 is 14.2 Å². The van der Waals surface area contributed by atoms with Gasteiger partial charge in [-0.1, -0.05) is 0 Å². The third-order valence-corrected chi connectivity index (χ3v) is 2.53. The van der Waals surface area contributed by atoms with Crippen molar-refractivity contribution in [1.29, 1.82) is 0 Å². The largest absolute Gasteiger partial charge is 0.493 e. The van der Waals surface area contributed by atoms with Gasteiger partial charge in [0.1, 0.15) is 6.61 Å². The van der Waals surface area contributed by atoms with Crippen LogP contribution in [0.4, 0.5) is 0 Å². The number of aromatic amines is 1. The van der Waals surface area contributed by atoms with Gasteiger partial charge in [0.2, 0.25) is 0 Å². The summed E-state index contributed by atoms with van der Waals surface area (Å²) in [6, 6.07) is 5.60. The Morgan fingerprint density at radius 2 is 2.05 bits per heavy atom. The Bertz CT molecular complexity index is 540. The van der Waals surface area contributed by atoms with Crippen molar-refractivity contribution in [3.05, 3.63) is 24.0 Å². The van der Waals surface area contributed by atoms with Crippen molar-refractivity contribution in [3.63, 3.8) is 0 Å².